The van der Waals surface area contributed by atoms with E-state index in [4.69, 9.17) is 4.74 Å². The Morgan fingerprint density at radius 1 is 0.326 bits per heavy atom. The zero-order chi connectivity index (χ0) is 32.1. The summed E-state index contributed by atoms with van der Waals surface area (Å²) in [5, 5.41) is 0. The molecule has 0 saturated carbocycles. The van der Waals surface area contributed by atoms with Crippen molar-refractivity contribution in [1.82, 2.24) is 0 Å². The van der Waals surface area contributed by atoms with Crippen LogP contribution in [0.2, 0.25) is 0 Å². The number of benzene rings is 2. The zero-order valence-electron chi connectivity index (χ0n) is 32.4. The van der Waals surface area contributed by atoms with Crippen molar-refractivity contribution in [3.8, 4) is 11.1 Å². The average molecular weight is 645 g/mol. The Morgan fingerprint density at radius 2 is 0.543 bits per heavy atom. The molecule has 2 aromatic rings. The van der Waals surface area contributed by atoms with Gasteiger partial charge in [-0.25, -0.2) is 0 Å². The number of hydrogen-bond donors (Lipinski definition) is 0. The third-order valence-corrected chi connectivity index (χ3v) is 9.17. The van der Waals surface area contributed by atoms with Gasteiger partial charge in [-0.3, -0.25) is 0 Å². The van der Waals surface area contributed by atoms with E-state index in [1.54, 1.807) is 0 Å². The van der Waals surface area contributed by atoms with Gasteiger partial charge < -0.3 is 6.16 Å². The SMILES string of the molecule is CCCCCCCCCCCCCCCCOCCCCCCCCCCCCCCCC.[H-].[Na+].c1ccc(-c2ccccc2)cc1. The van der Waals surface area contributed by atoms with Crippen LogP contribution >= 0.6 is 0 Å². The van der Waals surface area contributed by atoms with E-state index in [-0.39, 0.29) is 31.0 Å². The Bertz CT molecular complexity index is 732. The fourth-order valence-corrected chi connectivity index (χ4v) is 6.16. The molecular formula is C44H77NaO. The second-order valence-corrected chi connectivity index (χ2v) is 13.5. The Kier molecular flexibility index (Phi) is 38.3. The average Bonchev–Trinajstić information content (AvgIpc) is 3.08. The van der Waals surface area contributed by atoms with Crippen LogP contribution in [0.4, 0.5) is 0 Å². The van der Waals surface area contributed by atoms with Gasteiger partial charge in [-0.1, -0.05) is 241 Å². The van der Waals surface area contributed by atoms with Crippen LogP contribution in [0.1, 0.15) is 195 Å². The molecule has 0 heterocycles. The van der Waals surface area contributed by atoms with Crippen LogP contribution in [0, 0.1) is 0 Å². The molecule has 0 aliphatic heterocycles. The van der Waals surface area contributed by atoms with Gasteiger partial charge in [0.15, 0.2) is 0 Å². The van der Waals surface area contributed by atoms with Gasteiger partial charge in [0.25, 0.3) is 0 Å². The summed E-state index contributed by atoms with van der Waals surface area (Å²) in [6.07, 6.45) is 40.1. The first kappa shape index (κ1) is 45.4. The summed E-state index contributed by atoms with van der Waals surface area (Å²) in [7, 11) is 0. The van der Waals surface area contributed by atoms with Gasteiger partial charge in [-0.05, 0) is 24.0 Å². The smallest absolute Gasteiger partial charge is 1.00 e. The molecule has 0 aliphatic rings. The van der Waals surface area contributed by atoms with Crippen molar-refractivity contribution in [2.75, 3.05) is 13.2 Å². The molecular weight excluding hydrogens is 567 g/mol. The number of rotatable bonds is 31. The third-order valence-electron chi connectivity index (χ3n) is 9.17. The normalized spacial score (nSPS) is 10.7. The second kappa shape index (κ2) is 38.8. The molecule has 0 atom stereocenters. The van der Waals surface area contributed by atoms with Crippen LogP contribution in [-0.2, 0) is 4.74 Å². The summed E-state index contributed by atoms with van der Waals surface area (Å²) < 4.78 is 5.85. The van der Waals surface area contributed by atoms with Gasteiger partial charge in [-0.15, -0.1) is 0 Å². The van der Waals surface area contributed by atoms with E-state index in [9.17, 15) is 0 Å². The zero-order valence-corrected chi connectivity index (χ0v) is 33.4. The molecule has 2 rings (SSSR count). The maximum absolute atomic E-state index is 5.85. The minimum Gasteiger partial charge on any atom is -1.00 e. The van der Waals surface area contributed by atoms with Crippen molar-refractivity contribution < 1.29 is 35.7 Å². The Hall–Kier alpha value is -0.600. The van der Waals surface area contributed by atoms with E-state index in [0.29, 0.717) is 0 Å². The van der Waals surface area contributed by atoms with E-state index in [0.717, 1.165) is 13.2 Å². The van der Waals surface area contributed by atoms with E-state index in [1.807, 2.05) is 12.1 Å². The van der Waals surface area contributed by atoms with Gasteiger partial charge in [0.05, 0.1) is 0 Å². The molecule has 0 bridgehead atoms. The quantitative estimate of drug-likeness (QED) is 0.0586. The molecule has 0 aromatic heterocycles. The van der Waals surface area contributed by atoms with Gasteiger partial charge in [0.2, 0.25) is 0 Å². The number of unbranched alkanes of at least 4 members (excludes halogenated alkanes) is 26. The molecule has 0 radical (unpaired) electrons. The van der Waals surface area contributed by atoms with Gasteiger partial charge in [-0.2, -0.15) is 0 Å². The van der Waals surface area contributed by atoms with Crippen LogP contribution in [0.3, 0.4) is 0 Å². The molecule has 0 N–H and O–H groups in total. The third kappa shape index (κ3) is 32.0. The summed E-state index contributed by atoms with van der Waals surface area (Å²) in [4.78, 5) is 0. The van der Waals surface area contributed by atoms with E-state index in [1.165, 1.54) is 191 Å². The van der Waals surface area contributed by atoms with E-state index >= 15 is 0 Å². The summed E-state index contributed by atoms with van der Waals surface area (Å²) in [5.41, 5.74) is 2.55. The Balaban J connectivity index is 0. The summed E-state index contributed by atoms with van der Waals surface area (Å²) >= 11 is 0. The predicted octanol–water partition coefficient (Wildman–Crippen LogP) is 12.4. The van der Waals surface area contributed by atoms with Crippen LogP contribution < -0.4 is 29.6 Å². The van der Waals surface area contributed by atoms with Crippen molar-refractivity contribution in [1.29, 1.82) is 0 Å². The van der Waals surface area contributed by atoms with E-state index < -0.39 is 0 Å². The molecule has 0 saturated heterocycles. The maximum atomic E-state index is 5.85. The second-order valence-electron chi connectivity index (χ2n) is 13.5. The van der Waals surface area contributed by atoms with Crippen molar-refractivity contribution in [3.63, 3.8) is 0 Å². The molecule has 0 aliphatic carbocycles. The van der Waals surface area contributed by atoms with Gasteiger partial charge in [0.1, 0.15) is 0 Å². The van der Waals surface area contributed by atoms with Crippen LogP contribution in [-0.4, -0.2) is 13.2 Å². The standard InChI is InChI=1S/C32H66O.C12H10.Na.H/c1-3-5-7-9-11-13-15-17-19-21-23-25-27-29-31-33-32-30-28-26-24-22-20-18-16-14-12-10-8-6-4-2;1-3-7-11(8-4-1)12-9-5-2-6-10-12;;/h3-32H2,1-2H3;1-10H;;/q;;+1;-1. The van der Waals surface area contributed by atoms with Gasteiger partial charge >= 0.3 is 29.6 Å². The topological polar surface area (TPSA) is 9.23 Å². The molecule has 0 fully saturated rings. The molecule has 0 spiro atoms. The minimum atomic E-state index is 0. The van der Waals surface area contributed by atoms with Crippen LogP contribution in [0.25, 0.3) is 11.1 Å². The number of hydrogen-bond acceptors (Lipinski definition) is 1. The largest absolute Gasteiger partial charge is 1.00 e. The van der Waals surface area contributed by atoms with Crippen molar-refractivity contribution in [2.24, 2.45) is 0 Å². The minimum absolute atomic E-state index is 0. The Morgan fingerprint density at radius 3 is 0.783 bits per heavy atom. The van der Waals surface area contributed by atoms with Gasteiger partial charge in [0, 0.05) is 13.2 Å². The molecule has 260 valence electrons. The fraction of sp³-hybridized carbons (Fsp3) is 0.727. The monoisotopic (exact) mass is 645 g/mol. The summed E-state index contributed by atoms with van der Waals surface area (Å²) in [6, 6.07) is 20.8. The molecule has 2 heteroatoms. The van der Waals surface area contributed by atoms with Crippen molar-refractivity contribution in [2.45, 2.75) is 194 Å². The maximum Gasteiger partial charge on any atom is 1.00 e. The first-order valence-electron chi connectivity index (χ1n) is 20.1. The fourth-order valence-electron chi connectivity index (χ4n) is 6.16. The van der Waals surface area contributed by atoms with E-state index in [2.05, 4.69) is 62.4 Å². The molecule has 0 amide bonds. The van der Waals surface area contributed by atoms with Crippen molar-refractivity contribution >= 4 is 0 Å². The molecule has 1 nitrogen and oxygen atoms in total. The predicted molar refractivity (Wildman–Crippen MR) is 204 cm³/mol. The summed E-state index contributed by atoms with van der Waals surface area (Å²) in [6.45, 7) is 6.59. The first-order chi connectivity index (χ1) is 22.4. The molecule has 2 aromatic carbocycles. The number of ether oxygens (including phenoxy) is 1. The van der Waals surface area contributed by atoms with Crippen LogP contribution in [0.5, 0.6) is 0 Å². The Labute approximate surface area is 312 Å². The first-order valence-corrected chi connectivity index (χ1v) is 20.1. The van der Waals surface area contributed by atoms with Crippen molar-refractivity contribution in [3.05, 3.63) is 60.7 Å². The molecule has 0 unspecified atom stereocenters. The summed E-state index contributed by atoms with van der Waals surface area (Å²) in [5.74, 6) is 0. The van der Waals surface area contributed by atoms with Crippen LogP contribution in [0.15, 0.2) is 60.7 Å². The molecule has 46 heavy (non-hydrogen) atoms.